The number of rotatable bonds is 7. The van der Waals surface area contributed by atoms with Crippen LogP contribution in [0.4, 0.5) is 0 Å². The van der Waals surface area contributed by atoms with E-state index in [-0.39, 0.29) is 0 Å². The van der Waals surface area contributed by atoms with Crippen LogP contribution in [0.15, 0.2) is 239 Å². The van der Waals surface area contributed by atoms with Gasteiger partial charge in [0.2, 0.25) is 11.8 Å². The van der Waals surface area contributed by atoms with Crippen LogP contribution < -0.4 is 0 Å². The van der Waals surface area contributed by atoms with Crippen molar-refractivity contribution in [1.82, 2.24) is 29.5 Å². The van der Waals surface area contributed by atoms with Gasteiger partial charge in [-0.2, -0.15) is 0 Å². The number of hydrogen-bond donors (Lipinski definition) is 0. The fraction of sp³-hybridized carbons (Fsp3) is 0. The smallest absolute Gasteiger partial charge is 0.227 e. The first-order valence-corrected chi connectivity index (χ1v) is 24.3. The van der Waals surface area contributed by atoms with Gasteiger partial charge >= 0.3 is 0 Å². The van der Waals surface area contributed by atoms with Crippen LogP contribution in [-0.4, -0.2) is 29.5 Å². The van der Waals surface area contributed by atoms with Crippen molar-refractivity contribution < 1.29 is 8.83 Å². The van der Waals surface area contributed by atoms with Gasteiger partial charge < -0.3 is 13.4 Å². The zero-order chi connectivity index (χ0) is 48.0. The number of hydrogen-bond acceptors (Lipinski definition) is 7. The maximum Gasteiger partial charge on any atom is 0.227 e. The van der Waals surface area contributed by atoms with Crippen LogP contribution in [0.5, 0.6) is 0 Å². The Labute approximate surface area is 417 Å². The monoisotopic (exact) mass is 934 g/mol. The number of fused-ring (bicyclic) bond motifs is 9. The summed E-state index contributed by atoms with van der Waals surface area (Å²) in [5.74, 6) is 2.91. The van der Waals surface area contributed by atoms with E-state index in [2.05, 4.69) is 187 Å². The molecule has 0 unspecified atom stereocenters. The predicted octanol–water partition coefficient (Wildman–Crippen LogP) is 16.7. The molecule has 11 aromatic carbocycles. The lowest BCUT2D eigenvalue weighted by molar-refractivity contribution is 0.619. The van der Waals surface area contributed by atoms with E-state index in [4.69, 9.17) is 33.8 Å². The third-order valence-corrected chi connectivity index (χ3v) is 14.1. The average molecular weight is 935 g/mol. The van der Waals surface area contributed by atoms with Gasteiger partial charge in [-0.1, -0.05) is 140 Å². The molecule has 15 aromatic rings. The maximum absolute atomic E-state index is 6.12. The van der Waals surface area contributed by atoms with Crippen LogP contribution in [0.3, 0.4) is 0 Å². The predicted molar refractivity (Wildman–Crippen MR) is 294 cm³/mol. The van der Waals surface area contributed by atoms with E-state index in [1.54, 1.807) is 0 Å². The fourth-order valence-corrected chi connectivity index (χ4v) is 10.4. The first kappa shape index (κ1) is 40.8. The summed E-state index contributed by atoms with van der Waals surface area (Å²) in [5, 5.41) is 9.10. The first-order valence-electron chi connectivity index (χ1n) is 24.3. The van der Waals surface area contributed by atoms with Gasteiger partial charge in [0.25, 0.3) is 0 Å². The summed E-state index contributed by atoms with van der Waals surface area (Å²) in [6.45, 7) is 0. The number of aromatic nitrogens is 6. The molecule has 0 aliphatic carbocycles. The van der Waals surface area contributed by atoms with Crippen molar-refractivity contribution in [2.75, 3.05) is 0 Å². The van der Waals surface area contributed by atoms with Gasteiger partial charge in [0.15, 0.2) is 28.6 Å². The Hall–Kier alpha value is -10.1. The third-order valence-electron chi connectivity index (χ3n) is 14.1. The summed E-state index contributed by atoms with van der Waals surface area (Å²) in [4.78, 5) is 25.0. The molecule has 15 rings (SSSR count). The highest BCUT2D eigenvalue weighted by molar-refractivity contribution is 6.22. The summed E-state index contributed by atoms with van der Waals surface area (Å²) in [6.07, 6.45) is 0. The topological polar surface area (TPSA) is 95.7 Å². The highest BCUT2D eigenvalue weighted by atomic mass is 16.4. The van der Waals surface area contributed by atoms with Crippen molar-refractivity contribution in [3.8, 4) is 73.9 Å². The fourth-order valence-electron chi connectivity index (χ4n) is 10.4. The first-order chi connectivity index (χ1) is 36.1. The second-order valence-corrected chi connectivity index (χ2v) is 18.5. The third kappa shape index (κ3) is 6.95. The molecule has 0 saturated heterocycles. The quantitative estimate of drug-likeness (QED) is 0.157. The molecule has 0 radical (unpaired) electrons. The summed E-state index contributed by atoms with van der Waals surface area (Å²) < 4.78 is 14.6. The normalized spacial score (nSPS) is 11.8. The van der Waals surface area contributed by atoms with Gasteiger partial charge in [0.05, 0.1) is 11.0 Å². The van der Waals surface area contributed by atoms with E-state index >= 15 is 0 Å². The maximum atomic E-state index is 6.12. The van der Waals surface area contributed by atoms with E-state index in [9.17, 15) is 0 Å². The summed E-state index contributed by atoms with van der Waals surface area (Å²) in [7, 11) is 0. The van der Waals surface area contributed by atoms with Gasteiger partial charge in [-0.05, 0) is 134 Å². The number of para-hydroxylation sites is 5. The lowest BCUT2D eigenvalue weighted by atomic mass is 9.99. The van der Waals surface area contributed by atoms with Crippen molar-refractivity contribution in [1.29, 1.82) is 0 Å². The Morgan fingerprint density at radius 1 is 0.288 bits per heavy atom. The number of nitrogens with zero attached hydrogens (tertiary/aromatic N) is 6. The van der Waals surface area contributed by atoms with Gasteiger partial charge in [0, 0.05) is 44.3 Å². The van der Waals surface area contributed by atoms with E-state index in [0.717, 1.165) is 93.9 Å². The summed E-state index contributed by atoms with van der Waals surface area (Å²) in [5.41, 5.74) is 13.4. The molecule has 0 bridgehead atoms. The Balaban J connectivity index is 0.826. The summed E-state index contributed by atoms with van der Waals surface area (Å²) >= 11 is 0. The molecule has 73 heavy (non-hydrogen) atoms. The number of oxazole rings is 2. The Morgan fingerprint density at radius 3 is 1.34 bits per heavy atom. The zero-order valence-corrected chi connectivity index (χ0v) is 38.9. The Bertz CT molecular complexity index is 4440. The van der Waals surface area contributed by atoms with Crippen LogP contribution in [0.1, 0.15) is 0 Å². The Morgan fingerprint density at radius 2 is 0.740 bits per heavy atom. The van der Waals surface area contributed by atoms with Gasteiger partial charge in [-0.25, -0.2) is 24.9 Å². The van der Waals surface area contributed by atoms with E-state index in [0.29, 0.717) is 29.3 Å². The van der Waals surface area contributed by atoms with Gasteiger partial charge in [-0.15, -0.1) is 0 Å². The van der Waals surface area contributed by atoms with Crippen molar-refractivity contribution >= 4 is 76.3 Å². The van der Waals surface area contributed by atoms with Crippen LogP contribution in [0, 0.1) is 0 Å². The molecule has 0 fully saturated rings. The van der Waals surface area contributed by atoms with Crippen LogP contribution in [0.25, 0.3) is 150 Å². The van der Waals surface area contributed by atoms with Crippen molar-refractivity contribution in [3.05, 3.63) is 231 Å². The lowest BCUT2D eigenvalue weighted by Gasteiger charge is -2.11. The molecular weight excluding hydrogens is 897 g/mol. The van der Waals surface area contributed by atoms with Crippen LogP contribution in [0.2, 0.25) is 0 Å². The van der Waals surface area contributed by atoms with Crippen molar-refractivity contribution in [2.45, 2.75) is 0 Å². The standard InChI is InChI=1S/C65H38N6O2/c1-2-11-51(12-3-1)71-56-32-31-46(38-53(56)60-52-13-5-4-10-40(52)30-33-57(60)71)39-18-20-41(21-19-39)61-68-62(47-26-22-44-36-49(28-24-42(44)34-47)64-66-54-14-6-8-16-58(54)72-64)70-63(69-61)48-27-23-45-37-50(29-25-43(45)35-48)65-67-55-15-7-9-17-59(55)73-65/h1-38H. The minimum atomic E-state index is 0.577. The molecule has 8 heteroatoms. The number of benzene rings is 11. The molecule has 0 saturated carbocycles. The minimum absolute atomic E-state index is 0.577. The molecule has 0 spiro atoms. The van der Waals surface area contributed by atoms with Gasteiger partial charge in [-0.3, -0.25) is 0 Å². The second-order valence-electron chi connectivity index (χ2n) is 18.5. The minimum Gasteiger partial charge on any atom is -0.436 e. The zero-order valence-electron chi connectivity index (χ0n) is 38.9. The second kappa shape index (κ2) is 16.3. The van der Waals surface area contributed by atoms with E-state index in [1.807, 2.05) is 48.5 Å². The SMILES string of the molecule is c1ccc(-n2c3ccc(-c4ccc(-c5nc(-c6ccc7cc(-c8nc9ccccc9o8)ccc7c6)nc(-c6ccc7cc(-c8nc9ccccc9o8)ccc7c6)n5)cc4)cc3c3c4ccccc4ccc32)cc1. The molecule has 4 heterocycles. The molecule has 0 atom stereocenters. The molecule has 0 aliphatic rings. The highest BCUT2D eigenvalue weighted by Crippen LogP contribution is 2.40. The average Bonchev–Trinajstić information content (AvgIpc) is 4.19. The molecular formula is C65H38N6O2. The van der Waals surface area contributed by atoms with Crippen molar-refractivity contribution in [3.63, 3.8) is 0 Å². The molecule has 0 amide bonds. The molecule has 0 N–H and O–H groups in total. The van der Waals surface area contributed by atoms with Crippen LogP contribution >= 0.6 is 0 Å². The van der Waals surface area contributed by atoms with E-state index in [1.165, 1.54) is 27.1 Å². The highest BCUT2D eigenvalue weighted by Gasteiger charge is 2.19. The van der Waals surface area contributed by atoms with E-state index < -0.39 is 0 Å². The molecule has 4 aromatic heterocycles. The van der Waals surface area contributed by atoms with Crippen molar-refractivity contribution in [2.24, 2.45) is 0 Å². The largest absolute Gasteiger partial charge is 0.436 e. The van der Waals surface area contributed by atoms with Crippen LogP contribution in [-0.2, 0) is 0 Å². The lowest BCUT2D eigenvalue weighted by Crippen LogP contribution is -2.00. The molecule has 0 aliphatic heterocycles. The Kier molecular flexibility index (Phi) is 9.09. The summed E-state index contributed by atoms with van der Waals surface area (Å²) in [6, 6.07) is 80.0. The molecule has 340 valence electrons. The molecule has 8 nitrogen and oxygen atoms in total. The van der Waals surface area contributed by atoms with Gasteiger partial charge in [0.1, 0.15) is 11.0 Å².